The third-order valence-corrected chi connectivity index (χ3v) is 1.27. The fourth-order valence-corrected chi connectivity index (χ4v) is 0.790. The molecule has 0 aromatic carbocycles. The van der Waals surface area contributed by atoms with Crippen molar-refractivity contribution in [3.63, 3.8) is 0 Å². The fourth-order valence-electron chi connectivity index (χ4n) is 0.790. The van der Waals surface area contributed by atoms with Crippen LogP contribution < -0.4 is 0 Å². The van der Waals surface area contributed by atoms with Crippen LogP contribution in [-0.4, -0.2) is 17.9 Å². The predicted octanol–water partition coefficient (Wildman–Crippen LogP) is 2.12. The average molecular weight is 146 g/mol. The summed E-state index contributed by atoms with van der Waals surface area (Å²) in [5.74, 6) is 0.348. The van der Waals surface area contributed by atoms with Crippen molar-refractivity contribution < 1.29 is 14.6 Å². The van der Waals surface area contributed by atoms with Crippen molar-refractivity contribution in [1.29, 1.82) is 0 Å². The Bertz CT molecular complexity index is 101. The monoisotopic (exact) mass is 146 g/mol. The zero-order chi connectivity index (χ0) is 7.98. The van der Waals surface area contributed by atoms with Gasteiger partial charge in [0.05, 0.1) is 6.61 Å². The van der Waals surface area contributed by atoms with Gasteiger partial charge in [-0.05, 0) is 12.3 Å². The van der Waals surface area contributed by atoms with Crippen molar-refractivity contribution in [3.05, 3.63) is 0 Å². The zero-order valence-corrected chi connectivity index (χ0v) is 6.46. The van der Waals surface area contributed by atoms with Gasteiger partial charge < -0.3 is 9.84 Å². The molecule has 60 valence electrons. The Kier molecular flexibility index (Phi) is 4.72. The van der Waals surface area contributed by atoms with Crippen LogP contribution in [0.5, 0.6) is 0 Å². The minimum atomic E-state index is -1.18. The molecule has 0 aromatic rings. The lowest BCUT2D eigenvalue weighted by molar-refractivity contribution is 0.0779. The van der Waals surface area contributed by atoms with Crippen molar-refractivity contribution in [2.45, 2.75) is 26.7 Å². The second-order valence-corrected chi connectivity index (χ2v) is 2.47. The Morgan fingerprint density at radius 3 is 2.70 bits per heavy atom. The van der Waals surface area contributed by atoms with Crippen molar-refractivity contribution >= 4 is 6.16 Å². The van der Waals surface area contributed by atoms with Crippen LogP contribution in [0.1, 0.15) is 26.7 Å². The van der Waals surface area contributed by atoms with Crippen molar-refractivity contribution in [2.75, 3.05) is 6.61 Å². The highest BCUT2D eigenvalue weighted by atomic mass is 16.7. The molecule has 0 heterocycles. The first-order valence-corrected chi connectivity index (χ1v) is 3.52. The standard InChI is InChI=1S/C7H14O3/c1-3-4-6(2)5-10-7(8)9/h6H,3-5H2,1-2H3,(H,8,9). The molecule has 0 saturated heterocycles. The smallest absolute Gasteiger partial charge is 0.450 e. The maximum absolute atomic E-state index is 9.89. The summed E-state index contributed by atoms with van der Waals surface area (Å²) >= 11 is 0. The molecule has 0 amide bonds. The molecule has 0 rings (SSSR count). The Morgan fingerprint density at radius 2 is 2.30 bits per heavy atom. The van der Waals surface area contributed by atoms with E-state index in [1.54, 1.807) is 0 Å². The summed E-state index contributed by atoms with van der Waals surface area (Å²) in [4.78, 5) is 9.89. The minimum absolute atomic E-state index is 0.323. The largest absolute Gasteiger partial charge is 0.505 e. The number of hydrogen-bond acceptors (Lipinski definition) is 2. The number of carbonyl (C=O) groups is 1. The Morgan fingerprint density at radius 1 is 1.70 bits per heavy atom. The molecule has 10 heavy (non-hydrogen) atoms. The summed E-state index contributed by atoms with van der Waals surface area (Å²) in [7, 11) is 0. The second kappa shape index (κ2) is 5.09. The molecule has 0 bridgehead atoms. The molecular weight excluding hydrogens is 132 g/mol. The quantitative estimate of drug-likeness (QED) is 0.618. The van der Waals surface area contributed by atoms with E-state index in [0.717, 1.165) is 12.8 Å². The number of ether oxygens (including phenoxy) is 1. The second-order valence-electron chi connectivity index (χ2n) is 2.47. The highest BCUT2D eigenvalue weighted by molar-refractivity contribution is 5.56. The molecule has 0 aliphatic heterocycles. The number of hydrogen-bond donors (Lipinski definition) is 1. The van der Waals surface area contributed by atoms with Crippen LogP contribution in [0.25, 0.3) is 0 Å². The lowest BCUT2D eigenvalue weighted by atomic mass is 10.1. The third kappa shape index (κ3) is 5.41. The van der Waals surface area contributed by atoms with Crippen molar-refractivity contribution in [2.24, 2.45) is 5.92 Å². The summed E-state index contributed by atoms with van der Waals surface area (Å²) in [6.07, 6.45) is 0.917. The van der Waals surface area contributed by atoms with E-state index in [4.69, 9.17) is 5.11 Å². The van der Waals surface area contributed by atoms with Crippen LogP contribution in [0.4, 0.5) is 4.79 Å². The first-order chi connectivity index (χ1) is 4.66. The van der Waals surface area contributed by atoms with Gasteiger partial charge in [0.25, 0.3) is 0 Å². The Balaban J connectivity index is 3.21. The highest BCUT2D eigenvalue weighted by Gasteiger charge is 2.03. The van der Waals surface area contributed by atoms with Gasteiger partial charge in [-0.3, -0.25) is 0 Å². The van der Waals surface area contributed by atoms with E-state index in [1.807, 2.05) is 6.92 Å². The average Bonchev–Trinajstić information content (AvgIpc) is 1.85. The van der Waals surface area contributed by atoms with Gasteiger partial charge >= 0.3 is 6.16 Å². The summed E-state index contributed by atoms with van der Waals surface area (Å²) in [5.41, 5.74) is 0. The van der Waals surface area contributed by atoms with E-state index in [-0.39, 0.29) is 0 Å². The maximum Gasteiger partial charge on any atom is 0.505 e. The van der Waals surface area contributed by atoms with E-state index in [1.165, 1.54) is 0 Å². The molecule has 0 radical (unpaired) electrons. The number of rotatable bonds is 4. The molecule has 0 saturated carbocycles. The van der Waals surface area contributed by atoms with Crippen LogP contribution >= 0.6 is 0 Å². The maximum atomic E-state index is 9.89. The molecule has 0 aromatic heterocycles. The summed E-state index contributed by atoms with van der Waals surface area (Å²) in [6, 6.07) is 0. The van der Waals surface area contributed by atoms with E-state index < -0.39 is 6.16 Å². The molecule has 1 N–H and O–H groups in total. The van der Waals surface area contributed by atoms with Crippen LogP contribution in [-0.2, 0) is 4.74 Å². The highest BCUT2D eigenvalue weighted by Crippen LogP contribution is 2.04. The van der Waals surface area contributed by atoms with Gasteiger partial charge in [0, 0.05) is 0 Å². The summed E-state index contributed by atoms with van der Waals surface area (Å²) < 4.78 is 4.37. The first kappa shape index (κ1) is 9.27. The number of carboxylic acid groups (broad SMARTS) is 1. The predicted molar refractivity (Wildman–Crippen MR) is 38.0 cm³/mol. The Hall–Kier alpha value is -0.730. The van der Waals surface area contributed by atoms with Gasteiger partial charge in [0.15, 0.2) is 0 Å². The van der Waals surface area contributed by atoms with Gasteiger partial charge in [0.2, 0.25) is 0 Å². The van der Waals surface area contributed by atoms with Crippen LogP contribution in [0, 0.1) is 5.92 Å². The van der Waals surface area contributed by atoms with Crippen LogP contribution in [0.15, 0.2) is 0 Å². The van der Waals surface area contributed by atoms with E-state index >= 15 is 0 Å². The minimum Gasteiger partial charge on any atom is -0.450 e. The van der Waals surface area contributed by atoms with Crippen molar-refractivity contribution in [1.82, 2.24) is 0 Å². The lowest BCUT2D eigenvalue weighted by Gasteiger charge is -2.07. The molecule has 0 aliphatic rings. The molecule has 0 spiro atoms. The van der Waals surface area contributed by atoms with E-state index in [2.05, 4.69) is 11.7 Å². The molecule has 1 unspecified atom stereocenters. The topological polar surface area (TPSA) is 46.5 Å². The van der Waals surface area contributed by atoms with E-state index in [0.29, 0.717) is 12.5 Å². The molecular formula is C7H14O3. The first-order valence-electron chi connectivity index (χ1n) is 3.52. The molecule has 3 nitrogen and oxygen atoms in total. The van der Waals surface area contributed by atoms with Gasteiger partial charge in [-0.15, -0.1) is 0 Å². The fraction of sp³-hybridized carbons (Fsp3) is 0.857. The molecule has 1 atom stereocenters. The van der Waals surface area contributed by atoms with Gasteiger partial charge in [-0.1, -0.05) is 20.3 Å². The summed E-state index contributed by atoms with van der Waals surface area (Å²) in [5, 5.41) is 8.11. The lowest BCUT2D eigenvalue weighted by Crippen LogP contribution is -2.09. The van der Waals surface area contributed by atoms with E-state index in [9.17, 15) is 4.79 Å². The third-order valence-electron chi connectivity index (χ3n) is 1.27. The van der Waals surface area contributed by atoms with Crippen LogP contribution in [0.2, 0.25) is 0 Å². The normalized spacial score (nSPS) is 12.6. The molecule has 0 fully saturated rings. The van der Waals surface area contributed by atoms with Crippen LogP contribution in [0.3, 0.4) is 0 Å². The SMILES string of the molecule is CCCC(C)COC(=O)O. The summed E-state index contributed by atoms with van der Waals surface area (Å²) in [6.45, 7) is 4.37. The Labute approximate surface area is 61.0 Å². The zero-order valence-electron chi connectivity index (χ0n) is 6.46. The van der Waals surface area contributed by atoms with Gasteiger partial charge in [-0.2, -0.15) is 0 Å². The van der Waals surface area contributed by atoms with Gasteiger partial charge in [-0.25, -0.2) is 4.79 Å². The van der Waals surface area contributed by atoms with Crippen molar-refractivity contribution in [3.8, 4) is 0 Å². The molecule has 0 aliphatic carbocycles. The molecule has 3 heteroatoms. The van der Waals surface area contributed by atoms with Gasteiger partial charge in [0.1, 0.15) is 0 Å².